The number of nitrogens with zero attached hydrogens (tertiary/aromatic N) is 2. The number of hydrogen-bond donors (Lipinski definition) is 1. The predicted octanol–water partition coefficient (Wildman–Crippen LogP) is 3.56. The predicted molar refractivity (Wildman–Crippen MR) is 113 cm³/mol. The van der Waals surface area contributed by atoms with Crippen LogP contribution in [0.5, 0.6) is 5.75 Å². The van der Waals surface area contributed by atoms with E-state index < -0.39 is 0 Å². The number of piperidine rings is 1. The number of carbonyl (C=O) groups excluding carboxylic acids is 1. The molecule has 1 spiro atoms. The number of ether oxygens (including phenoxy) is 1. The lowest BCUT2D eigenvalue weighted by atomic mass is 9.90. The Morgan fingerprint density at radius 1 is 1.28 bits per heavy atom. The second-order valence-corrected chi connectivity index (χ2v) is 8.18. The summed E-state index contributed by atoms with van der Waals surface area (Å²) in [4.78, 5) is 19.2. The number of nitrogens with one attached hydrogen (secondary N) is 1. The number of amides is 1. The molecule has 4 rings (SSSR count). The van der Waals surface area contributed by atoms with Crippen LogP contribution in [0.3, 0.4) is 0 Å². The standard InChI is InChI=1S/C24H29N3O2/c1-2-14-29-22-8-4-3-7-20(22)18-27-12-9-24(10-13-27)15-21(24)23(28)26-17-19-6-5-11-25-16-19/h2-8,11,16,21H,1,9-10,12-15,17-18H2,(H,26,28). The van der Waals surface area contributed by atoms with Crippen molar-refractivity contribution in [3.05, 3.63) is 72.6 Å². The van der Waals surface area contributed by atoms with Crippen molar-refractivity contribution in [2.75, 3.05) is 19.7 Å². The summed E-state index contributed by atoms with van der Waals surface area (Å²) >= 11 is 0. The van der Waals surface area contributed by atoms with E-state index >= 15 is 0 Å². The fourth-order valence-corrected chi connectivity index (χ4v) is 4.41. The Labute approximate surface area is 172 Å². The van der Waals surface area contributed by atoms with Gasteiger partial charge in [0.25, 0.3) is 0 Å². The van der Waals surface area contributed by atoms with Crippen molar-refractivity contribution in [3.8, 4) is 5.75 Å². The van der Waals surface area contributed by atoms with E-state index in [0.29, 0.717) is 13.2 Å². The first kappa shape index (κ1) is 19.6. The van der Waals surface area contributed by atoms with E-state index in [1.54, 1.807) is 18.5 Å². The van der Waals surface area contributed by atoms with Gasteiger partial charge in [-0.25, -0.2) is 0 Å². The number of rotatable bonds is 8. The molecule has 5 heteroatoms. The molecule has 2 heterocycles. The van der Waals surface area contributed by atoms with Crippen LogP contribution in [0.25, 0.3) is 0 Å². The second-order valence-electron chi connectivity index (χ2n) is 8.18. The topological polar surface area (TPSA) is 54.5 Å². The minimum absolute atomic E-state index is 0.171. The molecule has 2 fully saturated rings. The Kier molecular flexibility index (Phi) is 5.95. The molecule has 2 aliphatic rings. The zero-order chi connectivity index (χ0) is 20.1. The quantitative estimate of drug-likeness (QED) is 0.699. The molecule has 2 aromatic rings. The number of pyridine rings is 1. The third-order valence-corrected chi connectivity index (χ3v) is 6.27. The number of hydrogen-bond acceptors (Lipinski definition) is 4. The van der Waals surface area contributed by atoms with Gasteiger partial charge >= 0.3 is 0 Å². The van der Waals surface area contributed by atoms with Crippen LogP contribution in [0.15, 0.2) is 61.4 Å². The molecule has 29 heavy (non-hydrogen) atoms. The molecule has 1 saturated carbocycles. The van der Waals surface area contributed by atoms with Crippen molar-refractivity contribution in [1.29, 1.82) is 0 Å². The van der Waals surface area contributed by atoms with Gasteiger partial charge in [-0.15, -0.1) is 0 Å². The van der Waals surface area contributed by atoms with Crippen LogP contribution in [0, 0.1) is 11.3 Å². The summed E-state index contributed by atoms with van der Waals surface area (Å²) in [6.45, 7) is 7.76. The zero-order valence-corrected chi connectivity index (χ0v) is 16.8. The van der Waals surface area contributed by atoms with Gasteiger partial charge in [0.1, 0.15) is 12.4 Å². The van der Waals surface area contributed by atoms with E-state index in [2.05, 4.69) is 33.9 Å². The van der Waals surface area contributed by atoms with Crippen LogP contribution in [0.1, 0.15) is 30.4 Å². The van der Waals surface area contributed by atoms with Gasteiger partial charge in [-0.05, 0) is 55.5 Å². The third-order valence-electron chi connectivity index (χ3n) is 6.27. The van der Waals surface area contributed by atoms with E-state index in [-0.39, 0.29) is 17.2 Å². The highest BCUT2D eigenvalue weighted by atomic mass is 16.5. The molecule has 1 aromatic heterocycles. The van der Waals surface area contributed by atoms with Crippen molar-refractivity contribution in [2.24, 2.45) is 11.3 Å². The van der Waals surface area contributed by atoms with Crippen molar-refractivity contribution < 1.29 is 9.53 Å². The summed E-state index contributed by atoms with van der Waals surface area (Å²) in [7, 11) is 0. The SMILES string of the molecule is C=CCOc1ccccc1CN1CCC2(CC1)CC2C(=O)NCc1cccnc1. The van der Waals surface area contributed by atoms with Gasteiger partial charge in [-0.1, -0.05) is 36.9 Å². The van der Waals surface area contributed by atoms with Crippen LogP contribution in [0.4, 0.5) is 0 Å². The van der Waals surface area contributed by atoms with E-state index in [0.717, 1.165) is 50.2 Å². The summed E-state index contributed by atoms with van der Waals surface area (Å²) in [6, 6.07) is 12.1. The maximum Gasteiger partial charge on any atom is 0.223 e. The normalized spacial score (nSPS) is 20.2. The van der Waals surface area contributed by atoms with Gasteiger partial charge in [0.05, 0.1) is 0 Å². The van der Waals surface area contributed by atoms with Gasteiger partial charge in [0, 0.05) is 37.0 Å². The van der Waals surface area contributed by atoms with Crippen LogP contribution in [0.2, 0.25) is 0 Å². The van der Waals surface area contributed by atoms with Gasteiger partial charge in [-0.3, -0.25) is 14.7 Å². The lowest BCUT2D eigenvalue weighted by Crippen LogP contribution is -2.36. The summed E-state index contributed by atoms with van der Waals surface area (Å²) in [5, 5.41) is 3.09. The van der Waals surface area contributed by atoms with Gasteiger partial charge in [0.2, 0.25) is 5.91 Å². The molecular formula is C24H29N3O2. The lowest BCUT2D eigenvalue weighted by molar-refractivity contribution is -0.123. The van der Waals surface area contributed by atoms with Crippen LogP contribution in [-0.2, 0) is 17.9 Å². The highest BCUT2D eigenvalue weighted by molar-refractivity contribution is 5.82. The molecular weight excluding hydrogens is 362 g/mol. The molecule has 1 N–H and O–H groups in total. The number of para-hydroxylation sites is 1. The Balaban J connectivity index is 1.26. The maximum absolute atomic E-state index is 12.6. The summed E-state index contributed by atoms with van der Waals surface area (Å²) in [6.07, 6.45) is 8.53. The smallest absolute Gasteiger partial charge is 0.223 e. The maximum atomic E-state index is 12.6. The van der Waals surface area contributed by atoms with Crippen molar-refractivity contribution >= 4 is 5.91 Å². The van der Waals surface area contributed by atoms with E-state index in [1.807, 2.05) is 24.3 Å². The molecule has 152 valence electrons. The first-order valence-corrected chi connectivity index (χ1v) is 10.4. The molecule has 1 saturated heterocycles. The zero-order valence-electron chi connectivity index (χ0n) is 16.8. The lowest BCUT2D eigenvalue weighted by Gasteiger charge is -2.33. The fourth-order valence-electron chi connectivity index (χ4n) is 4.41. The van der Waals surface area contributed by atoms with Crippen LogP contribution < -0.4 is 10.1 Å². The van der Waals surface area contributed by atoms with Crippen LogP contribution >= 0.6 is 0 Å². The molecule has 5 nitrogen and oxygen atoms in total. The Hall–Kier alpha value is -2.66. The third kappa shape index (κ3) is 4.67. The Morgan fingerprint density at radius 2 is 2.10 bits per heavy atom. The molecule has 1 amide bonds. The minimum Gasteiger partial charge on any atom is -0.489 e. The minimum atomic E-state index is 0.171. The van der Waals surface area contributed by atoms with Gasteiger partial charge in [-0.2, -0.15) is 0 Å². The Morgan fingerprint density at radius 3 is 2.86 bits per heavy atom. The molecule has 1 unspecified atom stereocenters. The molecule has 1 aromatic carbocycles. The number of carbonyl (C=O) groups is 1. The average Bonchev–Trinajstić information content (AvgIpc) is 3.47. The van der Waals surface area contributed by atoms with Crippen molar-refractivity contribution in [1.82, 2.24) is 15.2 Å². The first-order valence-electron chi connectivity index (χ1n) is 10.4. The van der Waals surface area contributed by atoms with Gasteiger partial charge in [0.15, 0.2) is 0 Å². The summed E-state index contributed by atoms with van der Waals surface area (Å²) < 4.78 is 5.79. The number of aromatic nitrogens is 1. The molecule has 0 radical (unpaired) electrons. The first-order chi connectivity index (χ1) is 14.2. The van der Waals surface area contributed by atoms with Crippen molar-refractivity contribution in [3.63, 3.8) is 0 Å². The van der Waals surface area contributed by atoms with E-state index in [9.17, 15) is 4.79 Å². The monoisotopic (exact) mass is 391 g/mol. The van der Waals surface area contributed by atoms with E-state index in [4.69, 9.17) is 4.74 Å². The molecule has 1 aliphatic heterocycles. The highest BCUT2D eigenvalue weighted by Crippen LogP contribution is 2.59. The molecule has 1 atom stereocenters. The number of benzene rings is 1. The highest BCUT2D eigenvalue weighted by Gasteiger charge is 2.58. The second kappa shape index (κ2) is 8.78. The summed E-state index contributed by atoms with van der Waals surface area (Å²) in [5.74, 6) is 1.31. The number of likely N-dealkylation sites (tertiary alicyclic amines) is 1. The Bertz CT molecular complexity index is 844. The van der Waals surface area contributed by atoms with Gasteiger partial charge < -0.3 is 10.1 Å². The van der Waals surface area contributed by atoms with Crippen molar-refractivity contribution in [2.45, 2.75) is 32.4 Å². The van der Waals surface area contributed by atoms with E-state index in [1.165, 1.54) is 5.56 Å². The summed E-state index contributed by atoms with van der Waals surface area (Å²) in [5.41, 5.74) is 2.48. The average molecular weight is 392 g/mol. The van der Waals surface area contributed by atoms with Crippen LogP contribution in [-0.4, -0.2) is 35.5 Å². The molecule has 1 aliphatic carbocycles. The molecule has 0 bridgehead atoms. The fraction of sp³-hybridized carbons (Fsp3) is 0.417. The largest absolute Gasteiger partial charge is 0.489 e.